The molecule has 1 aliphatic heterocycles. The van der Waals surface area contributed by atoms with Gasteiger partial charge in [-0.05, 0) is 19.3 Å². The minimum atomic E-state index is -3.47. The monoisotopic (exact) mass is 293 g/mol. The third-order valence-corrected chi connectivity index (χ3v) is 4.63. The zero-order valence-electron chi connectivity index (χ0n) is 11.9. The molecule has 0 unspecified atom stereocenters. The molecular formula is C13H27NO4S. The smallest absolute Gasteiger partial charge is 0.209 e. The van der Waals surface area contributed by atoms with Gasteiger partial charge in [0.15, 0.2) is 0 Å². The summed E-state index contributed by atoms with van der Waals surface area (Å²) in [5.41, 5.74) is -0.351. The van der Waals surface area contributed by atoms with Gasteiger partial charge in [0.25, 0.3) is 0 Å². The van der Waals surface area contributed by atoms with E-state index in [1.165, 1.54) is 19.3 Å². The van der Waals surface area contributed by atoms with E-state index in [2.05, 4.69) is 6.92 Å². The second-order valence-electron chi connectivity index (χ2n) is 5.53. The molecule has 1 aliphatic rings. The highest BCUT2D eigenvalue weighted by molar-refractivity contribution is 7.89. The van der Waals surface area contributed by atoms with Crippen molar-refractivity contribution in [3.8, 4) is 0 Å². The molecule has 0 saturated carbocycles. The van der Waals surface area contributed by atoms with Crippen LogP contribution in [-0.2, 0) is 19.5 Å². The van der Waals surface area contributed by atoms with Crippen LogP contribution in [0.3, 0.4) is 0 Å². The summed E-state index contributed by atoms with van der Waals surface area (Å²) in [6.45, 7) is 4.53. The summed E-state index contributed by atoms with van der Waals surface area (Å²) in [5, 5.41) is 5.20. The topological polar surface area (TPSA) is 78.6 Å². The number of sulfonamides is 1. The molecule has 0 amide bonds. The molecule has 5 nitrogen and oxygen atoms in total. The molecular weight excluding hydrogens is 266 g/mol. The van der Waals surface area contributed by atoms with Gasteiger partial charge in [-0.15, -0.1) is 0 Å². The van der Waals surface area contributed by atoms with E-state index in [-0.39, 0.29) is 11.2 Å². The lowest BCUT2D eigenvalue weighted by molar-refractivity contribution is -0.0285. The van der Waals surface area contributed by atoms with E-state index in [9.17, 15) is 8.42 Å². The van der Waals surface area contributed by atoms with Crippen LogP contribution in [0.1, 0.15) is 45.4 Å². The Bertz CT molecular complexity index is 337. The predicted octanol–water partition coefficient (Wildman–Crippen LogP) is 1.67. The minimum absolute atomic E-state index is 0.00167. The Morgan fingerprint density at radius 3 is 2.47 bits per heavy atom. The number of nitrogens with two attached hydrogens (primary N) is 1. The van der Waals surface area contributed by atoms with Crippen molar-refractivity contribution in [2.75, 3.05) is 32.2 Å². The number of rotatable bonds is 9. The first-order valence-electron chi connectivity index (χ1n) is 7.13. The predicted molar refractivity (Wildman–Crippen MR) is 75.4 cm³/mol. The number of unbranched alkanes of at least 4 members (excludes halogenated alkanes) is 3. The molecule has 0 spiro atoms. The Labute approximate surface area is 116 Å². The van der Waals surface area contributed by atoms with Crippen molar-refractivity contribution in [2.45, 2.75) is 45.4 Å². The third-order valence-electron chi connectivity index (χ3n) is 3.61. The summed E-state index contributed by atoms with van der Waals surface area (Å²) >= 11 is 0. The summed E-state index contributed by atoms with van der Waals surface area (Å²) in [5.74, 6) is -0.00167. The molecule has 6 heteroatoms. The lowest BCUT2D eigenvalue weighted by Gasteiger charge is -2.36. The van der Waals surface area contributed by atoms with Gasteiger partial charge >= 0.3 is 0 Å². The minimum Gasteiger partial charge on any atom is -0.381 e. The SMILES string of the molecule is CCCCCCOCC1(CS(N)(=O)=O)CCOCC1. The average Bonchev–Trinajstić information content (AvgIpc) is 2.32. The Morgan fingerprint density at radius 2 is 1.89 bits per heavy atom. The molecule has 2 N–H and O–H groups in total. The van der Waals surface area contributed by atoms with Crippen LogP contribution in [0.4, 0.5) is 0 Å². The second-order valence-corrected chi connectivity index (χ2v) is 7.15. The molecule has 114 valence electrons. The average molecular weight is 293 g/mol. The first kappa shape index (κ1) is 16.9. The van der Waals surface area contributed by atoms with Gasteiger partial charge in [0, 0.05) is 25.2 Å². The van der Waals surface area contributed by atoms with E-state index in [0.29, 0.717) is 39.3 Å². The Kier molecular flexibility index (Phi) is 7.28. The Balaban J connectivity index is 2.37. The van der Waals surface area contributed by atoms with E-state index < -0.39 is 10.0 Å². The number of hydrogen-bond acceptors (Lipinski definition) is 4. The van der Waals surface area contributed by atoms with Crippen LogP contribution in [0, 0.1) is 5.41 Å². The molecule has 0 radical (unpaired) electrons. The highest BCUT2D eigenvalue weighted by atomic mass is 32.2. The van der Waals surface area contributed by atoms with Crippen LogP contribution in [0.2, 0.25) is 0 Å². The molecule has 1 saturated heterocycles. The van der Waals surface area contributed by atoms with Crippen molar-refractivity contribution in [1.82, 2.24) is 0 Å². The molecule has 1 fully saturated rings. The van der Waals surface area contributed by atoms with Gasteiger partial charge in [-0.25, -0.2) is 13.6 Å². The highest BCUT2D eigenvalue weighted by Gasteiger charge is 2.36. The van der Waals surface area contributed by atoms with E-state index in [1.807, 2.05) is 0 Å². The maximum absolute atomic E-state index is 11.4. The van der Waals surface area contributed by atoms with Crippen molar-refractivity contribution >= 4 is 10.0 Å². The Hall–Kier alpha value is -0.170. The summed E-state index contributed by atoms with van der Waals surface area (Å²) < 4.78 is 33.7. The standard InChI is InChI=1S/C13H27NO4S/c1-2-3-4-5-8-18-11-13(12-19(14,15)16)6-9-17-10-7-13/h2-12H2,1H3,(H2,14,15,16). The van der Waals surface area contributed by atoms with Crippen molar-refractivity contribution in [2.24, 2.45) is 10.6 Å². The van der Waals surface area contributed by atoms with Crippen molar-refractivity contribution < 1.29 is 17.9 Å². The van der Waals surface area contributed by atoms with Crippen LogP contribution in [0.5, 0.6) is 0 Å². The van der Waals surface area contributed by atoms with Gasteiger partial charge in [0.05, 0.1) is 12.4 Å². The Morgan fingerprint density at radius 1 is 1.21 bits per heavy atom. The van der Waals surface area contributed by atoms with E-state index in [4.69, 9.17) is 14.6 Å². The van der Waals surface area contributed by atoms with Crippen LogP contribution in [0.25, 0.3) is 0 Å². The molecule has 0 aliphatic carbocycles. The summed E-state index contributed by atoms with van der Waals surface area (Å²) in [4.78, 5) is 0. The zero-order valence-corrected chi connectivity index (χ0v) is 12.7. The molecule has 0 aromatic carbocycles. The van der Waals surface area contributed by atoms with Gasteiger partial charge in [0.1, 0.15) is 0 Å². The molecule has 0 atom stereocenters. The largest absolute Gasteiger partial charge is 0.381 e. The van der Waals surface area contributed by atoms with Crippen molar-refractivity contribution in [3.63, 3.8) is 0 Å². The van der Waals surface area contributed by atoms with Crippen molar-refractivity contribution in [1.29, 1.82) is 0 Å². The molecule has 19 heavy (non-hydrogen) atoms. The molecule has 1 heterocycles. The summed E-state index contributed by atoms with van der Waals surface area (Å²) in [7, 11) is -3.47. The van der Waals surface area contributed by atoms with E-state index in [1.54, 1.807) is 0 Å². The molecule has 0 bridgehead atoms. The maximum Gasteiger partial charge on any atom is 0.209 e. The molecule has 1 rings (SSSR count). The summed E-state index contributed by atoms with van der Waals surface area (Å²) in [6, 6.07) is 0. The van der Waals surface area contributed by atoms with Crippen LogP contribution in [-0.4, -0.2) is 40.6 Å². The molecule has 0 aromatic rings. The fraction of sp³-hybridized carbons (Fsp3) is 1.00. The number of primary sulfonamides is 1. The van der Waals surface area contributed by atoms with Gasteiger partial charge in [-0.1, -0.05) is 26.2 Å². The van der Waals surface area contributed by atoms with Gasteiger partial charge in [-0.2, -0.15) is 0 Å². The first-order chi connectivity index (χ1) is 8.97. The third kappa shape index (κ3) is 7.25. The number of ether oxygens (including phenoxy) is 2. The van der Waals surface area contributed by atoms with E-state index >= 15 is 0 Å². The lowest BCUT2D eigenvalue weighted by Crippen LogP contribution is -2.42. The van der Waals surface area contributed by atoms with Crippen LogP contribution >= 0.6 is 0 Å². The highest BCUT2D eigenvalue weighted by Crippen LogP contribution is 2.32. The summed E-state index contributed by atoms with van der Waals surface area (Å²) in [6.07, 6.45) is 6.04. The quantitative estimate of drug-likeness (QED) is 0.656. The lowest BCUT2D eigenvalue weighted by atomic mass is 9.83. The fourth-order valence-corrected chi connectivity index (χ4v) is 3.71. The normalized spacial score (nSPS) is 19.5. The fourth-order valence-electron chi connectivity index (χ4n) is 2.48. The maximum atomic E-state index is 11.4. The van der Waals surface area contributed by atoms with Gasteiger partial charge in [-0.3, -0.25) is 0 Å². The first-order valence-corrected chi connectivity index (χ1v) is 8.85. The van der Waals surface area contributed by atoms with Crippen molar-refractivity contribution in [3.05, 3.63) is 0 Å². The van der Waals surface area contributed by atoms with Crippen LogP contribution in [0.15, 0.2) is 0 Å². The van der Waals surface area contributed by atoms with Crippen LogP contribution < -0.4 is 5.14 Å². The number of hydrogen-bond donors (Lipinski definition) is 1. The second kappa shape index (κ2) is 8.19. The zero-order chi connectivity index (χ0) is 14.2. The van der Waals surface area contributed by atoms with Gasteiger partial charge in [0.2, 0.25) is 10.0 Å². The molecule has 0 aromatic heterocycles. The van der Waals surface area contributed by atoms with E-state index in [0.717, 1.165) is 6.42 Å². The van der Waals surface area contributed by atoms with Gasteiger partial charge < -0.3 is 9.47 Å².